The number of amidine groups is 1. The van der Waals surface area contributed by atoms with Crippen molar-refractivity contribution in [1.29, 1.82) is 0 Å². The Labute approximate surface area is 174 Å². The summed E-state index contributed by atoms with van der Waals surface area (Å²) in [5, 5.41) is 7.31. The van der Waals surface area contributed by atoms with Crippen molar-refractivity contribution in [2.45, 2.75) is 33.4 Å². The number of hydrogen-bond donors (Lipinski definition) is 0. The first-order chi connectivity index (χ1) is 13.6. The number of amides is 3. The van der Waals surface area contributed by atoms with Gasteiger partial charge in [-0.3, -0.25) is 14.6 Å². The molecule has 1 atom stereocenters. The van der Waals surface area contributed by atoms with Gasteiger partial charge in [0.15, 0.2) is 0 Å². The third-order valence-corrected chi connectivity index (χ3v) is 5.62. The molecule has 1 aromatic rings. The van der Waals surface area contributed by atoms with Crippen LogP contribution in [0.2, 0.25) is 5.02 Å². The van der Waals surface area contributed by atoms with Crippen LogP contribution in [0.4, 0.5) is 4.79 Å². The van der Waals surface area contributed by atoms with Crippen molar-refractivity contribution in [2.75, 3.05) is 20.6 Å². The van der Waals surface area contributed by atoms with Crippen LogP contribution in [-0.2, 0) is 11.3 Å². The quantitative estimate of drug-likeness (QED) is 0.695. The fourth-order valence-electron chi connectivity index (χ4n) is 3.64. The van der Waals surface area contributed by atoms with Crippen molar-refractivity contribution >= 4 is 41.0 Å². The highest BCUT2D eigenvalue weighted by Crippen LogP contribution is 2.27. The van der Waals surface area contributed by atoms with Gasteiger partial charge in [0.2, 0.25) is 11.9 Å². The molecule has 3 heterocycles. The number of hydrogen-bond acceptors (Lipinski definition) is 5. The number of fused-ring (bicyclic) bond motifs is 2. The Balaban J connectivity index is 1.78. The van der Waals surface area contributed by atoms with Crippen LogP contribution in [0.5, 0.6) is 0 Å². The highest BCUT2D eigenvalue weighted by Gasteiger charge is 2.54. The number of hydrazone groups is 1. The minimum absolute atomic E-state index is 0.188. The van der Waals surface area contributed by atoms with Gasteiger partial charge in [-0.15, -0.1) is 10.1 Å². The molecule has 1 unspecified atom stereocenters. The van der Waals surface area contributed by atoms with Gasteiger partial charge in [-0.1, -0.05) is 49.5 Å². The van der Waals surface area contributed by atoms with Crippen molar-refractivity contribution < 1.29 is 14.2 Å². The molecule has 1 aromatic carbocycles. The van der Waals surface area contributed by atoms with E-state index >= 15 is 0 Å². The molecular formula is C20H24ClN6O2+. The number of nitrogens with zero attached hydrogens (tertiary/aromatic N) is 6. The smallest absolute Gasteiger partial charge is 0.270 e. The van der Waals surface area contributed by atoms with Gasteiger partial charge in [-0.2, -0.15) is 0 Å². The lowest BCUT2D eigenvalue weighted by Crippen LogP contribution is -2.62. The highest BCUT2D eigenvalue weighted by atomic mass is 35.5. The second-order valence-corrected chi connectivity index (χ2v) is 8.96. The minimum Gasteiger partial charge on any atom is -0.270 e. The van der Waals surface area contributed by atoms with Gasteiger partial charge >= 0.3 is 12.0 Å². The zero-order chi connectivity index (χ0) is 21.1. The number of rotatable bonds is 2. The predicted octanol–water partition coefficient (Wildman–Crippen LogP) is 2.23. The SMILES string of the molecule is CN1C(=O)C2C(=NC3=[N+]2CC(C(C)(C)C)=NN3Cc2cccc(Cl)c2)N(C)C1=O. The van der Waals surface area contributed by atoms with E-state index in [1.165, 1.54) is 11.9 Å². The molecule has 9 heteroatoms. The Morgan fingerprint density at radius 1 is 1.21 bits per heavy atom. The summed E-state index contributed by atoms with van der Waals surface area (Å²) in [5.74, 6) is 0.732. The van der Waals surface area contributed by atoms with Crippen LogP contribution in [0.15, 0.2) is 34.4 Å². The first kappa shape index (κ1) is 19.6. The molecule has 8 nitrogen and oxygen atoms in total. The normalized spacial score (nSPS) is 22.0. The van der Waals surface area contributed by atoms with Gasteiger partial charge in [0.05, 0.1) is 5.71 Å². The number of carbonyl (C=O) groups excluding carboxylic acids is 2. The maximum atomic E-state index is 13.0. The summed E-state index contributed by atoms with van der Waals surface area (Å²) in [4.78, 5) is 32.6. The zero-order valence-electron chi connectivity index (χ0n) is 17.2. The second kappa shape index (κ2) is 6.66. The average Bonchev–Trinajstić information content (AvgIpc) is 3.04. The van der Waals surface area contributed by atoms with Crippen LogP contribution in [0.3, 0.4) is 0 Å². The Bertz CT molecular complexity index is 1010. The Kier molecular flexibility index (Phi) is 4.49. The zero-order valence-corrected chi connectivity index (χ0v) is 17.9. The molecular weight excluding hydrogens is 392 g/mol. The Morgan fingerprint density at radius 2 is 1.93 bits per heavy atom. The predicted molar refractivity (Wildman–Crippen MR) is 111 cm³/mol. The number of halogens is 1. The molecule has 3 aliphatic heterocycles. The van der Waals surface area contributed by atoms with Crippen LogP contribution in [0.1, 0.15) is 26.3 Å². The molecule has 0 saturated carbocycles. The van der Waals surface area contributed by atoms with E-state index < -0.39 is 6.04 Å². The van der Waals surface area contributed by atoms with E-state index in [-0.39, 0.29) is 17.4 Å². The summed E-state index contributed by atoms with van der Waals surface area (Å²) >= 11 is 6.15. The summed E-state index contributed by atoms with van der Waals surface area (Å²) in [7, 11) is 3.14. The maximum Gasteiger partial charge on any atom is 0.417 e. The molecule has 3 aliphatic rings. The van der Waals surface area contributed by atoms with Crippen molar-refractivity contribution in [1.82, 2.24) is 14.8 Å². The van der Waals surface area contributed by atoms with Gasteiger partial charge in [0.1, 0.15) is 13.1 Å². The number of likely N-dealkylation sites (N-methyl/N-ethyl adjacent to an activating group) is 2. The first-order valence-corrected chi connectivity index (χ1v) is 9.83. The molecule has 4 rings (SSSR count). The number of benzene rings is 1. The molecule has 0 bridgehead atoms. The van der Waals surface area contributed by atoms with Gasteiger partial charge in [0, 0.05) is 24.5 Å². The summed E-state index contributed by atoms with van der Waals surface area (Å²) in [6.07, 6.45) is 0. The van der Waals surface area contributed by atoms with E-state index in [4.69, 9.17) is 16.7 Å². The van der Waals surface area contributed by atoms with Crippen molar-refractivity contribution in [3.05, 3.63) is 34.9 Å². The summed E-state index contributed by atoms with van der Waals surface area (Å²) in [5.41, 5.74) is 1.73. The number of urea groups is 1. The lowest BCUT2D eigenvalue weighted by atomic mass is 9.89. The fraction of sp³-hybridized carbons (Fsp3) is 0.450. The Hall–Kier alpha value is -2.74. The van der Waals surface area contributed by atoms with Crippen LogP contribution in [0, 0.1) is 5.41 Å². The monoisotopic (exact) mass is 415 g/mol. The maximum absolute atomic E-state index is 13.0. The van der Waals surface area contributed by atoms with Crippen LogP contribution < -0.4 is 0 Å². The van der Waals surface area contributed by atoms with Crippen molar-refractivity contribution in [2.24, 2.45) is 15.5 Å². The van der Waals surface area contributed by atoms with Gasteiger partial charge in [-0.25, -0.2) is 9.37 Å². The van der Waals surface area contributed by atoms with Crippen molar-refractivity contribution in [3.8, 4) is 0 Å². The third-order valence-electron chi connectivity index (χ3n) is 5.39. The van der Waals surface area contributed by atoms with E-state index in [9.17, 15) is 9.59 Å². The topological polar surface area (TPSA) is 71.6 Å². The summed E-state index contributed by atoms with van der Waals surface area (Å²) < 4.78 is 1.94. The van der Waals surface area contributed by atoms with Gasteiger partial charge < -0.3 is 0 Å². The van der Waals surface area contributed by atoms with Gasteiger partial charge in [-0.05, 0) is 17.7 Å². The standard InChI is InChI=1S/C20H24ClN6O2/c1-20(2,3)14-11-26-15-16(24(4)19(29)25(5)17(15)28)22-18(26)27(23-14)10-12-7-6-8-13(21)9-12/h6-9,15H,10-11H2,1-5H3/q+1. The van der Waals surface area contributed by atoms with E-state index in [1.54, 1.807) is 12.1 Å². The molecule has 29 heavy (non-hydrogen) atoms. The van der Waals surface area contributed by atoms with E-state index in [1.807, 2.05) is 28.8 Å². The van der Waals surface area contributed by atoms with Gasteiger partial charge in [0.25, 0.3) is 5.91 Å². The largest absolute Gasteiger partial charge is 0.417 e. The first-order valence-electron chi connectivity index (χ1n) is 9.45. The molecule has 0 N–H and O–H groups in total. The molecule has 1 saturated heterocycles. The lowest BCUT2D eigenvalue weighted by Gasteiger charge is -2.33. The molecule has 1 fully saturated rings. The number of guanidine groups is 1. The molecule has 152 valence electrons. The van der Waals surface area contributed by atoms with Crippen molar-refractivity contribution in [3.63, 3.8) is 0 Å². The van der Waals surface area contributed by atoms with Crippen LogP contribution in [-0.4, -0.2) is 75.5 Å². The van der Waals surface area contributed by atoms with Crippen LogP contribution in [0.25, 0.3) is 0 Å². The minimum atomic E-state index is -0.632. The summed E-state index contributed by atoms with van der Waals surface area (Å²) in [6, 6.07) is 6.56. The molecule has 0 radical (unpaired) electrons. The van der Waals surface area contributed by atoms with E-state index in [2.05, 4.69) is 25.8 Å². The molecule has 0 aromatic heterocycles. The average molecular weight is 416 g/mol. The van der Waals surface area contributed by atoms with E-state index in [0.29, 0.717) is 29.9 Å². The highest BCUT2D eigenvalue weighted by molar-refractivity contribution is 6.30. The second-order valence-electron chi connectivity index (χ2n) is 8.52. The number of carbonyl (C=O) groups is 2. The fourth-order valence-corrected chi connectivity index (χ4v) is 3.85. The van der Waals surface area contributed by atoms with Crippen LogP contribution >= 0.6 is 11.6 Å². The molecule has 0 aliphatic carbocycles. The number of imide groups is 1. The lowest BCUT2D eigenvalue weighted by molar-refractivity contribution is -0.528. The molecule has 3 amide bonds. The summed E-state index contributed by atoms with van der Waals surface area (Å²) in [6.45, 7) is 7.21. The van der Waals surface area contributed by atoms with E-state index in [0.717, 1.165) is 16.2 Å². The molecule has 0 spiro atoms. The number of aliphatic imine (C=N–C) groups is 1. The third kappa shape index (κ3) is 3.21. The Morgan fingerprint density at radius 3 is 2.59 bits per heavy atom.